The number of benzene rings is 1. The monoisotopic (exact) mass is 384 g/mol. The average molecular weight is 384 g/mol. The van der Waals surface area contributed by atoms with Gasteiger partial charge in [-0.05, 0) is 24.3 Å². The predicted molar refractivity (Wildman–Crippen MR) is 105 cm³/mol. The Balaban J connectivity index is 1.67. The number of piperazine rings is 1. The maximum atomic E-state index is 12.6. The summed E-state index contributed by atoms with van der Waals surface area (Å²) >= 11 is 0. The van der Waals surface area contributed by atoms with Crippen molar-refractivity contribution in [3.05, 3.63) is 42.2 Å². The minimum Gasteiger partial charge on any atom is -0.497 e. The van der Waals surface area contributed by atoms with Gasteiger partial charge in [-0.3, -0.25) is 9.59 Å². The third-order valence-corrected chi connectivity index (χ3v) is 4.68. The van der Waals surface area contributed by atoms with E-state index < -0.39 is 0 Å². The van der Waals surface area contributed by atoms with Crippen molar-refractivity contribution < 1.29 is 19.1 Å². The van der Waals surface area contributed by atoms with Gasteiger partial charge in [-0.1, -0.05) is 0 Å². The van der Waals surface area contributed by atoms with E-state index in [0.717, 1.165) is 11.4 Å². The van der Waals surface area contributed by atoms with Crippen LogP contribution < -0.4 is 14.8 Å². The van der Waals surface area contributed by atoms with Crippen molar-refractivity contribution in [2.24, 2.45) is 0 Å². The van der Waals surface area contributed by atoms with Gasteiger partial charge in [-0.2, -0.15) is 0 Å². The Hall–Kier alpha value is -3.29. The fourth-order valence-electron chi connectivity index (χ4n) is 3.05. The van der Waals surface area contributed by atoms with Crippen LogP contribution >= 0.6 is 0 Å². The first kappa shape index (κ1) is 19.5. The number of amides is 2. The molecule has 0 spiro atoms. The summed E-state index contributed by atoms with van der Waals surface area (Å²) in [7, 11) is 3.20. The molecule has 1 aromatic carbocycles. The Morgan fingerprint density at radius 1 is 1.00 bits per heavy atom. The van der Waals surface area contributed by atoms with E-state index in [0.29, 0.717) is 43.4 Å². The maximum absolute atomic E-state index is 12.6. The van der Waals surface area contributed by atoms with E-state index in [-0.39, 0.29) is 11.8 Å². The number of anilines is 2. The highest BCUT2D eigenvalue weighted by Gasteiger charge is 2.23. The number of nitrogens with zero attached hydrogens (tertiary/aromatic N) is 3. The van der Waals surface area contributed by atoms with Gasteiger partial charge in [-0.15, -0.1) is 0 Å². The lowest BCUT2D eigenvalue weighted by Crippen LogP contribution is -2.50. The van der Waals surface area contributed by atoms with Gasteiger partial charge in [0.25, 0.3) is 5.91 Å². The minimum atomic E-state index is -0.131. The third kappa shape index (κ3) is 4.33. The highest BCUT2D eigenvalue weighted by molar-refractivity contribution is 5.92. The molecule has 0 saturated carbocycles. The van der Waals surface area contributed by atoms with Crippen molar-refractivity contribution in [2.75, 3.05) is 45.7 Å². The lowest BCUT2D eigenvalue weighted by atomic mass is 10.2. The van der Waals surface area contributed by atoms with Crippen LogP contribution in [0.15, 0.2) is 36.5 Å². The molecule has 148 valence electrons. The van der Waals surface area contributed by atoms with Crippen molar-refractivity contribution in [3.63, 3.8) is 0 Å². The molecule has 8 heteroatoms. The van der Waals surface area contributed by atoms with E-state index in [2.05, 4.69) is 10.3 Å². The molecule has 2 heterocycles. The van der Waals surface area contributed by atoms with E-state index in [9.17, 15) is 9.59 Å². The Bertz CT molecular complexity index is 846. The number of carbonyl (C=O) groups excluding carboxylic acids is 2. The van der Waals surface area contributed by atoms with E-state index in [1.165, 1.54) is 0 Å². The molecule has 0 aliphatic carbocycles. The minimum absolute atomic E-state index is 0.0358. The SMILES string of the molecule is COc1ccc(OC)c(Nc2ccc(C(=O)N3CCN(C(C)=O)CC3)nc2)c1. The third-order valence-electron chi connectivity index (χ3n) is 4.68. The second kappa shape index (κ2) is 8.60. The van der Waals surface area contributed by atoms with Gasteiger partial charge in [0.2, 0.25) is 5.91 Å². The zero-order valence-corrected chi connectivity index (χ0v) is 16.3. The lowest BCUT2D eigenvalue weighted by molar-refractivity contribution is -0.130. The van der Waals surface area contributed by atoms with Crippen LogP contribution in [0.3, 0.4) is 0 Å². The summed E-state index contributed by atoms with van der Waals surface area (Å²) in [5.41, 5.74) is 1.84. The molecule has 1 aliphatic heterocycles. The lowest BCUT2D eigenvalue weighted by Gasteiger charge is -2.34. The Labute approximate surface area is 164 Å². The summed E-state index contributed by atoms with van der Waals surface area (Å²) in [5, 5.41) is 3.23. The first-order valence-electron chi connectivity index (χ1n) is 9.01. The van der Waals surface area contributed by atoms with Gasteiger partial charge in [0.1, 0.15) is 17.2 Å². The first-order valence-corrected chi connectivity index (χ1v) is 9.01. The molecular weight excluding hydrogens is 360 g/mol. The molecule has 1 N–H and O–H groups in total. The van der Waals surface area contributed by atoms with Crippen molar-refractivity contribution in [1.82, 2.24) is 14.8 Å². The first-order chi connectivity index (χ1) is 13.5. The molecular formula is C20H24N4O4. The van der Waals surface area contributed by atoms with E-state index in [1.807, 2.05) is 18.2 Å². The molecule has 0 unspecified atom stereocenters. The zero-order chi connectivity index (χ0) is 20.1. The molecule has 0 atom stereocenters. The highest BCUT2D eigenvalue weighted by atomic mass is 16.5. The van der Waals surface area contributed by atoms with Crippen LogP contribution in [0.4, 0.5) is 11.4 Å². The topological polar surface area (TPSA) is 84.0 Å². The van der Waals surface area contributed by atoms with Crippen molar-refractivity contribution in [2.45, 2.75) is 6.92 Å². The number of rotatable bonds is 5. The van der Waals surface area contributed by atoms with Gasteiger partial charge in [0.05, 0.1) is 31.8 Å². The zero-order valence-electron chi connectivity index (χ0n) is 16.3. The van der Waals surface area contributed by atoms with Gasteiger partial charge < -0.3 is 24.6 Å². The molecule has 3 rings (SSSR count). The van der Waals surface area contributed by atoms with Gasteiger partial charge in [0, 0.05) is 39.2 Å². The Morgan fingerprint density at radius 2 is 1.71 bits per heavy atom. The molecule has 1 aliphatic rings. The molecule has 0 bridgehead atoms. The highest BCUT2D eigenvalue weighted by Crippen LogP contribution is 2.31. The normalized spacial score (nSPS) is 13.8. The molecule has 28 heavy (non-hydrogen) atoms. The van der Waals surface area contributed by atoms with Crippen LogP contribution in [0.5, 0.6) is 11.5 Å². The summed E-state index contributed by atoms with van der Waals surface area (Å²) in [6.45, 7) is 3.68. The summed E-state index contributed by atoms with van der Waals surface area (Å²) in [6, 6.07) is 8.94. The quantitative estimate of drug-likeness (QED) is 0.850. The molecule has 0 radical (unpaired) electrons. The molecule has 2 amide bonds. The summed E-state index contributed by atoms with van der Waals surface area (Å²) in [4.78, 5) is 31.8. The van der Waals surface area contributed by atoms with Crippen LogP contribution in [0, 0.1) is 0 Å². The Kier molecular flexibility index (Phi) is 5.98. The van der Waals surface area contributed by atoms with Gasteiger partial charge >= 0.3 is 0 Å². The smallest absolute Gasteiger partial charge is 0.272 e. The largest absolute Gasteiger partial charge is 0.497 e. The number of pyridine rings is 1. The van der Waals surface area contributed by atoms with Crippen LogP contribution in [-0.2, 0) is 4.79 Å². The molecule has 1 aromatic heterocycles. The van der Waals surface area contributed by atoms with E-state index in [4.69, 9.17) is 9.47 Å². The number of hydrogen-bond acceptors (Lipinski definition) is 6. The fourth-order valence-corrected chi connectivity index (χ4v) is 3.05. The van der Waals surface area contributed by atoms with Crippen LogP contribution in [0.25, 0.3) is 0 Å². The average Bonchev–Trinajstić information content (AvgIpc) is 2.73. The summed E-state index contributed by atoms with van der Waals surface area (Å²) in [6.07, 6.45) is 1.61. The Morgan fingerprint density at radius 3 is 2.29 bits per heavy atom. The fraction of sp³-hybridized carbons (Fsp3) is 0.350. The predicted octanol–water partition coefficient (Wildman–Crippen LogP) is 2.15. The number of ether oxygens (including phenoxy) is 2. The van der Waals surface area contributed by atoms with E-state index in [1.54, 1.807) is 49.3 Å². The van der Waals surface area contributed by atoms with Crippen LogP contribution in [0.1, 0.15) is 17.4 Å². The summed E-state index contributed by atoms with van der Waals surface area (Å²) < 4.78 is 10.6. The van der Waals surface area contributed by atoms with Crippen molar-refractivity contribution in [1.29, 1.82) is 0 Å². The van der Waals surface area contributed by atoms with Gasteiger partial charge in [0.15, 0.2) is 0 Å². The van der Waals surface area contributed by atoms with E-state index >= 15 is 0 Å². The second-order valence-electron chi connectivity index (χ2n) is 6.42. The molecule has 2 aromatic rings. The standard InChI is InChI=1S/C20H24N4O4/c1-14(25)23-8-10-24(11-9-23)20(26)17-6-4-15(13-21-17)22-18-12-16(27-2)5-7-19(18)28-3/h4-7,12-13,22H,8-11H2,1-3H3. The second-order valence-corrected chi connectivity index (χ2v) is 6.42. The van der Waals surface area contributed by atoms with Crippen molar-refractivity contribution >= 4 is 23.2 Å². The van der Waals surface area contributed by atoms with Gasteiger partial charge in [-0.25, -0.2) is 4.98 Å². The maximum Gasteiger partial charge on any atom is 0.272 e. The number of methoxy groups -OCH3 is 2. The molecule has 1 fully saturated rings. The number of nitrogens with one attached hydrogen (secondary N) is 1. The number of carbonyl (C=O) groups is 2. The summed E-state index contributed by atoms with van der Waals surface area (Å²) in [5.74, 6) is 1.28. The molecule has 1 saturated heterocycles. The van der Waals surface area contributed by atoms with Crippen LogP contribution in [0.2, 0.25) is 0 Å². The van der Waals surface area contributed by atoms with Crippen molar-refractivity contribution in [3.8, 4) is 11.5 Å². The number of aromatic nitrogens is 1. The molecule has 8 nitrogen and oxygen atoms in total. The van der Waals surface area contributed by atoms with Crippen LogP contribution in [-0.4, -0.2) is 67.0 Å². The number of hydrogen-bond donors (Lipinski definition) is 1.